The van der Waals surface area contributed by atoms with Gasteiger partial charge in [0.25, 0.3) is 0 Å². The van der Waals surface area contributed by atoms with Crippen molar-refractivity contribution in [2.45, 2.75) is 17.7 Å². The molecule has 1 amide bonds. The molecule has 1 aromatic heterocycles. The summed E-state index contributed by atoms with van der Waals surface area (Å²) in [6.45, 7) is 1.44. The standard InChI is InChI=1S/C21H26N4O2S/c1-23(2)14-8-9-15-27-25(20-12-6-7-13-22-20)21(26)18-16-17-10-4-5-11-19(17)28-24(18)3/h4-7,10-13,16H,8-9,14-15H2,1-3H3. The highest BCUT2D eigenvalue weighted by Gasteiger charge is 2.28. The van der Waals surface area contributed by atoms with Crippen LogP contribution in [0.15, 0.2) is 59.3 Å². The van der Waals surface area contributed by atoms with Crippen molar-refractivity contribution < 1.29 is 9.63 Å². The summed E-state index contributed by atoms with van der Waals surface area (Å²) in [5.41, 5.74) is 1.59. The molecule has 1 aliphatic heterocycles. The van der Waals surface area contributed by atoms with Gasteiger partial charge in [-0.25, -0.2) is 4.98 Å². The Labute approximate surface area is 170 Å². The number of hydrogen-bond donors (Lipinski definition) is 0. The summed E-state index contributed by atoms with van der Waals surface area (Å²) < 4.78 is 1.87. The lowest BCUT2D eigenvalue weighted by atomic mass is 10.2. The van der Waals surface area contributed by atoms with Crippen molar-refractivity contribution in [3.63, 3.8) is 0 Å². The fourth-order valence-corrected chi connectivity index (χ4v) is 3.70. The van der Waals surface area contributed by atoms with Gasteiger partial charge >= 0.3 is 5.91 Å². The Kier molecular flexibility index (Phi) is 7.08. The molecule has 0 N–H and O–H groups in total. The maximum atomic E-state index is 13.3. The fraction of sp³-hybridized carbons (Fsp3) is 0.333. The van der Waals surface area contributed by atoms with Gasteiger partial charge in [0, 0.05) is 18.1 Å². The zero-order valence-corrected chi connectivity index (χ0v) is 17.4. The van der Waals surface area contributed by atoms with E-state index in [0.29, 0.717) is 18.1 Å². The van der Waals surface area contributed by atoms with E-state index in [9.17, 15) is 4.79 Å². The molecule has 0 radical (unpaired) electrons. The van der Waals surface area contributed by atoms with Gasteiger partial charge in [-0.05, 0) is 75.3 Å². The van der Waals surface area contributed by atoms with Gasteiger partial charge in [0.2, 0.25) is 0 Å². The number of fused-ring (bicyclic) bond motifs is 1. The summed E-state index contributed by atoms with van der Waals surface area (Å²) >= 11 is 1.53. The molecule has 0 atom stereocenters. The second kappa shape index (κ2) is 9.73. The molecule has 148 valence electrons. The maximum absolute atomic E-state index is 13.3. The van der Waals surface area contributed by atoms with Crippen LogP contribution in [0.2, 0.25) is 0 Å². The van der Waals surface area contributed by atoms with E-state index in [1.807, 2.05) is 67.9 Å². The van der Waals surface area contributed by atoms with E-state index >= 15 is 0 Å². The molecule has 0 bridgehead atoms. The number of benzene rings is 1. The van der Waals surface area contributed by atoms with Crippen molar-refractivity contribution in [2.24, 2.45) is 0 Å². The highest BCUT2D eigenvalue weighted by Crippen LogP contribution is 2.35. The summed E-state index contributed by atoms with van der Waals surface area (Å²) in [5, 5.41) is 1.31. The number of carbonyl (C=O) groups is 1. The molecule has 0 saturated heterocycles. The minimum atomic E-state index is -0.226. The monoisotopic (exact) mass is 398 g/mol. The van der Waals surface area contributed by atoms with Crippen LogP contribution in [0.4, 0.5) is 5.82 Å². The van der Waals surface area contributed by atoms with Crippen LogP contribution >= 0.6 is 11.9 Å². The lowest BCUT2D eigenvalue weighted by molar-refractivity contribution is -0.123. The molecule has 0 saturated carbocycles. The van der Waals surface area contributed by atoms with Gasteiger partial charge in [-0.1, -0.05) is 24.3 Å². The zero-order chi connectivity index (χ0) is 19.9. The molecule has 1 aliphatic rings. The summed E-state index contributed by atoms with van der Waals surface area (Å²) in [7, 11) is 5.98. The number of rotatable bonds is 8. The van der Waals surface area contributed by atoms with Crippen molar-refractivity contribution in [2.75, 3.05) is 39.4 Å². The molecule has 0 unspecified atom stereocenters. The first kappa shape index (κ1) is 20.4. The van der Waals surface area contributed by atoms with Crippen LogP contribution in [-0.2, 0) is 9.63 Å². The van der Waals surface area contributed by atoms with E-state index in [0.717, 1.165) is 29.8 Å². The first-order chi connectivity index (χ1) is 13.6. The van der Waals surface area contributed by atoms with Gasteiger partial charge in [0.1, 0.15) is 5.70 Å². The van der Waals surface area contributed by atoms with E-state index in [4.69, 9.17) is 4.84 Å². The molecule has 1 aromatic carbocycles. The van der Waals surface area contributed by atoms with Gasteiger partial charge in [0.05, 0.1) is 6.61 Å². The van der Waals surface area contributed by atoms with Crippen LogP contribution in [0.5, 0.6) is 0 Å². The molecule has 6 nitrogen and oxygen atoms in total. The normalized spacial score (nSPS) is 13.3. The molecule has 0 spiro atoms. The fourth-order valence-electron chi connectivity index (χ4n) is 2.81. The van der Waals surface area contributed by atoms with Gasteiger partial charge < -0.3 is 9.21 Å². The first-order valence-electron chi connectivity index (χ1n) is 9.32. The third-order valence-corrected chi connectivity index (χ3v) is 5.31. The Morgan fingerprint density at radius 3 is 2.68 bits per heavy atom. The Morgan fingerprint density at radius 2 is 1.93 bits per heavy atom. The molecule has 2 heterocycles. The van der Waals surface area contributed by atoms with Gasteiger partial charge in [0.15, 0.2) is 5.82 Å². The Morgan fingerprint density at radius 1 is 1.14 bits per heavy atom. The first-order valence-corrected chi connectivity index (χ1v) is 10.1. The zero-order valence-electron chi connectivity index (χ0n) is 16.5. The lowest BCUT2D eigenvalue weighted by Gasteiger charge is -2.29. The Hall–Kier alpha value is -2.35. The number of hydrogen-bond acceptors (Lipinski definition) is 6. The van der Waals surface area contributed by atoms with Crippen LogP contribution in [0.1, 0.15) is 18.4 Å². The van der Waals surface area contributed by atoms with Crippen molar-refractivity contribution in [3.05, 3.63) is 59.9 Å². The van der Waals surface area contributed by atoms with Crippen molar-refractivity contribution in [1.82, 2.24) is 14.2 Å². The van der Waals surface area contributed by atoms with Gasteiger partial charge in [-0.3, -0.25) is 9.63 Å². The molecule has 28 heavy (non-hydrogen) atoms. The van der Waals surface area contributed by atoms with Crippen LogP contribution < -0.4 is 5.06 Å². The number of hydroxylamine groups is 1. The second-order valence-corrected chi connectivity index (χ2v) is 7.96. The number of aromatic nitrogens is 1. The van der Waals surface area contributed by atoms with E-state index in [1.165, 1.54) is 17.0 Å². The third-order valence-electron chi connectivity index (χ3n) is 4.27. The number of unbranched alkanes of at least 4 members (excludes halogenated alkanes) is 1. The number of nitrogens with zero attached hydrogens (tertiary/aromatic N) is 4. The molecular formula is C21H26N4O2S. The highest BCUT2D eigenvalue weighted by molar-refractivity contribution is 7.97. The van der Waals surface area contributed by atoms with E-state index in [2.05, 4.69) is 9.88 Å². The summed E-state index contributed by atoms with van der Waals surface area (Å²) in [6, 6.07) is 13.5. The lowest BCUT2D eigenvalue weighted by Crippen LogP contribution is -2.37. The van der Waals surface area contributed by atoms with E-state index in [1.54, 1.807) is 12.3 Å². The minimum Gasteiger partial charge on any atom is -0.310 e. The summed E-state index contributed by atoms with van der Waals surface area (Å²) in [4.78, 5) is 26.8. The van der Waals surface area contributed by atoms with Crippen molar-refractivity contribution in [3.8, 4) is 0 Å². The topological polar surface area (TPSA) is 48.9 Å². The molecule has 3 rings (SSSR count). The molecule has 2 aromatic rings. The van der Waals surface area contributed by atoms with E-state index < -0.39 is 0 Å². The third kappa shape index (κ3) is 5.13. The number of likely N-dealkylation sites (N-methyl/N-ethyl adjacent to an activating group) is 1. The predicted molar refractivity (Wildman–Crippen MR) is 114 cm³/mol. The largest absolute Gasteiger partial charge is 0.310 e. The maximum Gasteiger partial charge on any atom is 0.300 e. The van der Waals surface area contributed by atoms with Crippen molar-refractivity contribution >= 4 is 29.7 Å². The van der Waals surface area contributed by atoms with Crippen LogP contribution in [0.25, 0.3) is 6.08 Å². The molecule has 0 aliphatic carbocycles. The average molecular weight is 399 g/mol. The van der Waals surface area contributed by atoms with Crippen molar-refractivity contribution in [1.29, 1.82) is 0 Å². The highest BCUT2D eigenvalue weighted by atomic mass is 32.2. The Balaban J connectivity index is 1.78. The smallest absolute Gasteiger partial charge is 0.300 e. The number of pyridine rings is 1. The molecular weight excluding hydrogens is 372 g/mol. The van der Waals surface area contributed by atoms with Gasteiger partial charge in [-0.2, -0.15) is 5.06 Å². The van der Waals surface area contributed by atoms with Crippen LogP contribution in [0.3, 0.4) is 0 Å². The van der Waals surface area contributed by atoms with Crippen LogP contribution in [-0.4, -0.2) is 54.4 Å². The Bertz CT molecular complexity index is 826. The number of amides is 1. The number of carbonyl (C=O) groups excluding carboxylic acids is 1. The van der Waals surface area contributed by atoms with E-state index in [-0.39, 0.29) is 5.91 Å². The SMILES string of the molecule is CN(C)CCCCON(C(=O)C1=Cc2ccccc2SN1C)c1ccccn1. The second-order valence-electron chi connectivity index (χ2n) is 6.79. The molecule has 7 heteroatoms. The quantitative estimate of drug-likeness (QED) is 0.384. The summed E-state index contributed by atoms with van der Waals surface area (Å²) in [6.07, 6.45) is 5.43. The number of anilines is 1. The van der Waals surface area contributed by atoms with Gasteiger partial charge in [-0.15, -0.1) is 0 Å². The average Bonchev–Trinajstić information content (AvgIpc) is 2.70. The predicted octanol–water partition coefficient (Wildman–Crippen LogP) is 3.68. The van der Waals surface area contributed by atoms with Crippen LogP contribution in [0, 0.1) is 0 Å². The minimum absolute atomic E-state index is 0.226. The molecule has 0 fully saturated rings. The summed E-state index contributed by atoms with van der Waals surface area (Å²) in [5.74, 6) is 0.258.